The number of hydrogen-bond donors (Lipinski definition) is 0. The molecular formula is C20H16O5. The average Bonchev–Trinajstić information content (AvgIpc) is 3.35. The lowest BCUT2D eigenvalue weighted by Crippen LogP contribution is -2.37. The van der Waals surface area contributed by atoms with Crippen molar-refractivity contribution in [2.75, 3.05) is 6.61 Å². The molecule has 2 aromatic carbocycles. The van der Waals surface area contributed by atoms with Crippen LogP contribution in [0.25, 0.3) is 0 Å². The minimum atomic E-state index is -1.57. The number of rotatable bonds is 4. The largest absolute Gasteiger partial charge is 0.465 e. The van der Waals surface area contributed by atoms with Crippen molar-refractivity contribution in [1.29, 1.82) is 0 Å². The first-order valence-corrected chi connectivity index (χ1v) is 8.20. The van der Waals surface area contributed by atoms with Crippen LogP contribution >= 0.6 is 0 Å². The summed E-state index contributed by atoms with van der Waals surface area (Å²) in [6.07, 6.45) is 0. The highest BCUT2D eigenvalue weighted by atomic mass is 16.6. The summed E-state index contributed by atoms with van der Waals surface area (Å²) in [5.74, 6) is -2.58. The van der Waals surface area contributed by atoms with Gasteiger partial charge in [-0.25, -0.2) is 0 Å². The lowest BCUT2D eigenvalue weighted by atomic mass is 9.95. The van der Waals surface area contributed by atoms with Crippen LogP contribution < -0.4 is 4.74 Å². The third-order valence-corrected chi connectivity index (χ3v) is 4.95. The topological polar surface area (TPSA) is 69.7 Å². The molecule has 4 rings (SSSR count). The Morgan fingerprint density at radius 2 is 1.76 bits per heavy atom. The second-order valence-corrected chi connectivity index (χ2v) is 6.20. The first-order valence-electron chi connectivity index (χ1n) is 8.20. The Morgan fingerprint density at radius 1 is 1.08 bits per heavy atom. The number of para-hydroxylation sites is 1. The smallest absolute Gasteiger partial charge is 0.330 e. The molecule has 126 valence electrons. The van der Waals surface area contributed by atoms with Crippen molar-refractivity contribution in [1.82, 2.24) is 0 Å². The van der Waals surface area contributed by atoms with Crippen LogP contribution in [0.15, 0.2) is 54.6 Å². The van der Waals surface area contributed by atoms with Gasteiger partial charge < -0.3 is 9.47 Å². The number of carbonyl (C=O) groups is 3. The highest BCUT2D eigenvalue weighted by Gasteiger charge is 2.81. The minimum absolute atomic E-state index is 0.133. The molecule has 0 amide bonds. The van der Waals surface area contributed by atoms with Crippen molar-refractivity contribution in [2.45, 2.75) is 12.8 Å². The van der Waals surface area contributed by atoms with E-state index >= 15 is 0 Å². The Hall–Kier alpha value is -2.95. The fourth-order valence-corrected chi connectivity index (χ4v) is 3.81. The molecule has 0 spiro atoms. The summed E-state index contributed by atoms with van der Waals surface area (Å²) >= 11 is 0. The van der Waals surface area contributed by atoms with Gasteiger partial charge in [0.25, 0.3) is 0 Å². The standard InChI is InChI=1S/C20H16O5/c1-2-24-18(22)20-15(13-10-6-7-11-14(13)25-19(20)23)16(20)17(21)12-8-4-3-5-9-12/h3-11,15-16H,2H2,1H3/t15-,16+,20-/m1/s1. The molecule has 0 N–H and O–H groups in total. The molecule has 1 saturated carbocycles. The average molecular weight is 336 g/mol. The highest BCUT2D eigenvalue weighted by Crippen LogP contribution is 2.70. The molecule has 25 heavy (non-hydrogen) atoms. The van der Waals surface area contributed by atoms with Crippen molar-refractivity contribution >= 4 is 17.7 Å². The monoisotopic (exact) mass is 336 g/mol. The summed E-state index contributed by atoms with van der Waals surface area (Å²) in [6.45, 7) is 1.80. The summed E-state index contributed by atoms with van der Waals surface area (Å²) in [5.41, 5.74) is -0.405. The maximum absolute atomic E-state index is 13.0. The van der Waals surface area contributed by atoms with Crippen molar-refractivity contribution in [2.24, 2.45) is 11.3 Å². The molecule has 1 fully saturated rings. The normalized spacial score (nSPS) is 26.0. The van der Waals surface area contributed by atoms with Gasteiger partial charge in [0, 0.05) is 17.0 Å². The number of Topliss-reactive ketones (excluding diaryl/α,β-unsaturated/α-hetero) is 1. The fraction of sp³-hybridized carbons (Fsp3) is 0.250. The zero-order valence-corrected chi connectivity index (χ0v) is 13.6. The van der Waals surface area contributed by atoms with Crippen molar-refractivity contribution < 1.29 is 23.9 Å². The van der Waals surface area contributed by atoms with Crippen LogP contribution in [-0.2, 0) is 14.3 Å². The summed E-state index contributed by atoms with van der Waals surface area (Å²) in [4.78, 5) is 38.4. The van der Waals surface area contributed by atoms with Gasteiger partial charge in [0.05, 0.1) is 12.5 Å². The van der Waals surface area contributed by atoms with Crippen molar-refractivity contribution in [3.05, 3.63) is 65.7 Å². The zero-order valence-electron chi connectivity index (χ0n) is 13.6. The van der Waals surface area contributed by atoms with E-state index in [1.165, 1.54) is 0 Å². The van der Waals surface area contributed by atoms with E-state index in [-0.39, 0.29) is 12.4 Å². The molecule has 1 aliphatic heterocycles. The third-order valence-electron chi connectivity index (χ3n) is 4.95. The van der Waals surface area contributed by atoms with Crippen LogP contribution in [0.1, 0.15) is 28.8 Å². The molecule has 0 radical (unpaired) electrons. The summed E-state index contributed by atoms with van der Waals surface area (Å²) < 4.78 is 10.5. The van der Waals surface area contributed by atoms with E-state index < -0.39 is 29.2 Å². The maximum Gasteiger partial charge on any atom is 0.330 e. The first-order chi connectivity index (χ1) is 12.1. The van der Waals surface area contributed by atoms with Crippen LogP contribution in [-0.4, -0.2) is 24.3 Å². The summed E-state index contributed by atoms with van der Waals surface area (Å²) in [7, 11) is 0. The van der Waals surface area contributed by atoms with Gasteiger partial charge in [-0.2, -0.15) is 0 Å². The first kappa shape index (κ1) is 15.6. The molecular weight excluding hydrogens is 320 g/mol. The van der Waals surface area contributed by atoms with Crippen LogP contribution in [0, 0.1) is 11.3 Å². The molecule has 5 heteroatoms. The van der Waals surface area contributed by atoms with Gasteiger partial charge in [0.2, 0.25) is 0 Å². The van der Waals surface area contributed by atoms with Gasteiger partial charge in [-0.05, 0) is 13.0 Å². The van der Waals surface area contributed by atoms with Gasteiger partial charge in [-0.1, -0.05) is 48.5 Å². The summed E-state index contributed by atoms with van der Waals surface area (Å²) in [6, 6.07) is 15.7. The molecule has 2 aliphatic rings. The second-order valence-electron chi connectivity index (χ2n) is 6.20. The quantitative estimate of drug-likeness (QED) is 0.372. The van der Waals surface area contributed by atoms with Gasteiger partial charge in [-0.15, -0.1) is 0 Å². The molecule has 5 nitrogen and oxygen atoms in total. The Balaban J connectivity index is 1.83. The third kappa shape index (κ3) is 2.05. The number of carbonyl (C=O) groups excluding carboxylic acids is 3. The lowest BCUT2D eigenvalue weighted by molar-refractivity contribution is -0.161. The molecule has 3 atom stereocenters. The number of esters is 2. The SMILES string of the molecule is CCOC(=O)[C@@]12C(=O)Oc3ccccc3[C@@H]1[C@H]2C(=O)c1ccccc1. The van der Waals surface area contributed by atoms with E-state index in [2.05, 4.69) is 0 Å². The number of benzene rings is 2. The minimum Gasteiger partial charge on any atom is -0.465 e. The molecule has 2 aromatic rings. The van der Waals surface area contributed by atoms with E-state index in [1.54, 1.807) is 61.5 Å². The Morgan fingerprint density at radius 3 is 2.48 bits per heavy atom. The van der Waals surface area contributed by atoms with Gasteiger partial charge in [0.15, 0.2) is 11.2 Å². The van der Waals surface area contributed by atoms with Gasteiger partial charge in [0.1, 0.15) is 5.75 Å². The molecule has 0 saturated heterocycles. The number of ether oxygens (including phenoxy) is 2. The fourth-order valence-electron chi connectivity index (χ4n) is 3.81. The second kappa shape index (κ2) is 5.55. The number of ketones is 1. The van der Waals surface area contributed by atoms with Crippen LogP contribution in [0.5, 0.6) is 5.75 Å². The van der Waals surface area contributed by atoms with E-state index in [1.807, 2.05) is 0 Å². The van der Waals surface area contributed by atoms with Gasteiger partial charge >= 0.3 is 11.9 Å². The van der Waals surface area contributed by atoms with Crippen LogP contribution in [0.2, 0.25) is 0 Å². The van der Waals surface area contributed by atoms with Gasteiger partial charge in [-0.3, -0.25) is 14.4 Å². The molecule has 0 aromatic heterocycles. The zero-order chi connectivity index (χ0) is 17.6. The van der Waals surface area contributed by atoms with Crippen molar-refractivity contribution in [3.8, 4) is 5.75 Å². The number of fused-ring (bicyclic) bond motifs is 3. The molecule has 0 bridgehead atoms. The number of hydrogen-bond acceptors (Lipinski definition) is 5. The van der Waals surface area contributed by atoms with E-state index in [0.717, 1.165) is 0 Å². The molecule has 1 heterocycles. The van der Waals surface area contributed by atoms with E-state index in [0.29, 0.717) is 16.9 Å². The molecule has 0 unspecified atom stereocenters. The highest BCUT2D eigenvalue weighted by molar-refractivity contribution is 6.17. The van der Waals surface area contributed by atoms with E-state index in [4.69, 9.17) is 9.47 Å². The van der Waals surface area contributed by atoms with Crippen molar-refractivity contribution in [3.63, 3.8) is 0 Å². The molecule has 1 aliphatic carbocycles. The Bertz CT molecular complexity index is 873. The van der Waals surface area contributed by atoms with Crippen LogP contribution in [0.4, 0.5) is 0 Å². The summed E-state index contributed by atoms with van der Waals surface area (Å²) in [5, 5.41) is 0. The predicted octanol–water partition coefficient (Wildman–Crippen LogP) is 2.75. The van der Waals surface area contributed by atoms with E-state index in [9.17, 15) is 14.4 Å². The lowest BCUT2D eigenvalue weighted by Gasteiger charge is -2.21. The predicted molar refractivity (Wildman–Crippen MR) is 88.1 cm³/mol. The maximum atomic E-state index is 13.0. The Kier molecular flexibility index (Phi) is 3.46. The Labute approximate surface area is 144 Å². The van der Waals surface area contributed by atoms with Crippen LogP contribution in [0.3, 0.4) is 0 Å².